The molecule has 7 nitrogen and oxygen atoms in total. The molecule has 38 heavy (non-hydrogen) atoms. The smallest absolute Gasteiger partial charge is 0.455 e. The highest BCUT2D eigenvalue weighted by molar-refractivity contribution is 14.1. The fraction of sp³-hybridized carbons (Fsp3) is 0.586. The van der Waals surface area contributed by atoms with Gasteiger partial charge in [-0.05, 0) is 96.1 Å². The first-order valence-corrected chi connectivity index (χ1v) is 14.9. The molecule has 0 spiro atoms. The number of amides is 2. The number of nitrogens with zero attached hydrogens (tertiary/aromatic N) is 1. The molecule has 2 amide bonds. The first kappa shape index (κ1) is 29.1. The van der Waals surface area contributed by atoms with Crippen molar-refractivity contribution in [1.82, 2.24) is 4.90 Å². The lowest BCUT2D eigenvalue weighted by Gasteiger charge is -2.44. The van der Waals surface area contributed by atoms with Gasteiger partial charge >= 0.3 is 7.12 Å². The summed E-state index contributed by atoms with van der Waals surface area (Å²) in [6.07, 6.45) is 5.80. The molecule has 4 atom stereocenters. The van der Waals surface area contributed by atoms with Crippen LogP contribution >= 0.6 is 22.6 Å². The average molecular weight is 635 g/mol. The summed E-state index contributed by atoms with van der Waals surface area (Å²) in [7, 11) is 0.585. The maximum atomic E-state index is 13.4. The van der Waals surface area contributed by atoms with E-state index in [0.29, 0.717) is 31.5 Å². The number of rotatable bonds is 9. The number of carbonyl (C=O) groups is 2. The molecule has 0 unspecified atom stereocenters. The third-order valence-corrected chi connectivity index (χ3v) is 9.12. The van der Waals surface area contributed by atoms with Crippen LogP contribution in [0.4, 0.5) is 0 Å². The molecule has 0 radical (unpaired) electrons. The lowest BCUT2D eigenvalue weighted by atomic mass is 9.57. The molecule has 2 saturated heterocycles. The molecule has 3 aliphatic rings. The van der Waals surface area contributed by atoms with Crippen LogP contribution in [0, 0.1) is 27.2 Å². The van der Waals surface area contributed by atoms with Crippen molar-refractivity contribution in [1.29, 1.82) is 0 Å². The number of phenolic OH excluding ortho intramolecular Hbond substituents is 1. The monoisotopic (exact) mass is 635 g/mol. The summed E-state index contributed by atoms with van der Waals surface area (Å²) in [4.78, 5) is 28.1. The lowest BCUT2D eigenvalue weighted by molar-refractivity contribution is -0.140. The highest BCUT2D eigenvalue weighted by Crippen LogP contribution is 2.52. The van der Waals surface area contributed by atoms with Gasteiger partial charge in [0.15, 0.2) is 11.5 Å². The number of phenols is 1. The predicted octanol–water partition coefficient (Wildman–Crippen LogP) is 5.44. The van der Waals surface area contributed by atoms with Crippen LogP contribution in [0.1, 0.15) is 65.4 Å². The summed E-state index contributed by atoms with van der Waals surface area (Å²) in [6, 6.07) is 3.76. The van der Waals surface area contributed by atoms with Crippen LogP contribution in [0.3, 0.4) is 0 Å². The normalized spacial score (nSPS) is 25.8. The number of aromatic hydroxyl groups is 1. The molecule has 4 rings (SSSR count). The molecule has 0 bridgehead atoms. The number of carbonyl (C=O) groups excluding carboxylic acids is 2. The van der Waals surface area contributed by atoms with Crippen LogP contribution in [0.5, 0.6) is 11.5 Å². The Hall–Kier alpha value is -1.85. The van der Waals surface area contributed by atoms with Crippen molar-refractivity contribution in [2.24, 2.45) is 23.7 Å². The first-order chi connectivity index (χ1) is 18.1. The van der Waals surface area contributed by atoms with Gasteiger partial charge in [0.1, 0.15) is 0 Å². The molecule has 1 aromatic carbocycles. The number of hydrogen-bond donors (Lipinski definition) is 2. The van der Waals surface area contributed by atoms with Crippen LogP contribution in [0.25, 0.3) is 6.08 Å². The van der Waals surface area contributed by atoms with Gasteiger partial charge in [0.2, 0.25) is 11.8 Å². The van der Waals surface area contributed by atoms with Gasteiger partial charge in [0.05, 0.1) is 28.6 Å². The van der Waals surface area contributed by atoms with E-state index in [1.807, 2.05) is 19.1 Å². The van der Waals surface area contributed by atoms with E-state index < -0.39 is 13.0 Å². The highest BCUT2D eigenvalue weighted by atomic mass is 127. The third kappa shape index (κ3) is 5.56. The molecule has 9 heteroatoms. The van der Waals surface area contributed by atoms with Crippen molar-refractivity contribution >= 4 is 47.6 Å². The molecule has 1 aliphatic carbocycles. The summed E-state index contributed by atoms with van der Waals surface area (Å²) in [6.45, 7) is 8.84. The van der Waals surface area contributed by atoms with E-state index >= 15 is 0 Å². The SMILES string of the molecule is CCCN1C(=O)[C@@H]2[C@@H](CC(C(C)C)=C3[C@@H](CC/C(=C/c4cc(I)c(O)c(OC)c4)CC)OB(O)C[C@@H]32)C1=O. The number of halogens is 1. The Labute approximate surface area is 239 Å². The molecule has 1 aromatic rings. The van der Waals surface area contributed by atoms with E-state index in [-0.39, 0.29) is 41.4 Å². The van der Waals surface area contributed by atoms with E-state index in [0.717, 1.165) is 34.0 Å². The summed E-state index contributed by atoms with van der Waals surface area (Å²) >= 11 is 2.10. The van der Waals surface area contributed by atoms with Gasteiger partial charge in [-0.1, -0.05) is 44.9 Å². The van der Waals surface area contributed by atoms with Gasteiger partial charge in [-0.2, -0.15) is 0 Å². The number of ether oxygens (including phenoxy) is 1. The zero-order valence-electron chi connectivity index (χ0n) is 23.0. The largest absolute Gasteiger partial charge is 0.504 e. The van der Waals surface area contributed by atoms with Crippen LogP contribution in [-0.4, -0.2) is 53.7 Å². The molecular weight excluding hydrogens is 596 g/mol. The molecule has 2 aliphatic heterocycles. The Bertz CT molecular complexity index is 1150. The molecule has 0 saturated carbocycles. The number of imide groups is 1. The Morgan fingerprint density at radius 1 is 1.26 bits per heavy atom. The average Bonchev–Trinajstić information content (AvgIpc) is 3.12. The topological polar surface area (TPSA) is 96.3 Å². The van der Waals surface area contributed by atoms with Crippen LogP contribution in [-0.2, 0) is 14.2 Å². The van der Waals surface area contributed by atoms with Gasteiger partial charge in [0, 0.05) is 6.54 Å². The second-order valence-electron chi connectivity index (χ2n) is 11.0. The molecule has 2 N–H and O–H groups in total. The maximum absolute atomic E-state index is 13.4. The van der Waals surface area contributed by atoms with E-state index in [4.69, 9.17) is 9.39 Å². The van der Waals surface area contributed by atoms with Crippen LogP contribution in [0.15, 0.2) is 28.9 Å². The summed E-state index contributed by atoms with van der Waals surface area (Å²) in [5.74, 6) is -0.223. The molecule has 2 heterocycles. The highest BCUT2D eigenvalue weighted by Gasteiger charge is 2.57. The van der Waals surface area contributed by atoms with Crippen molar-refractivity contribution in [3.63, 3.8) is 0 Å². The number of likely N-dealkylation sites (tertiary alicyclic amines) is 1. The number of hydrogen-bond acceptors (Lipinski definition) is 6. The summed E-state index contributed by atoms with van der Waals surface area (Å²) < 4.78 is 12.2. The number of allylic oxidation sites excluding steroid dienone is 2. The van der Waals surface area contributed by atoms with Gasteiger partial charge in [-0.3, -0.25) is 14.5 Å². The van der Waals surface area contributed by atoms with E-state index in [1.165, 1.54) is 16.0 Å². The molecule has 0 aromatic heterocycles. The number of benzene rings is 1. The Kier molecular flexibility index (Phi) is 9.30. The zero-order chi connectivity index (χ0) is 27.7. The first-order valence-electron chi connectivity index (χ1n) is 13.8. The van der Waals surface area contributed by atoms with E-state index in [9.17, 15) is 19.7 Å². The predicted molar refractivity (Wildman–Crippen MR) is 156 cm³/mol. The molecule has 206 valence electrons. The standard InChI is InChI=1S/C29H39BINO6/c1-6-10-32-28(34)20-14-19(16(3)4)25-21(26(20)29(32)35)15-30(36)38-23(25)9-8-17(7-2)11-18-12-22(31)27(33)24(13-18)37-5/h11-13,16,20-21,23,26,33,36H,6-10,14-15H2,1-5H3/b17-11+/t20-,21+,23-,26-/m1/s1. The minimum atomic E-state index is -0.957. The Morgan fingerprint density at radius 3 is 2.63 bits per heavy atom. The Balaban J connectivity index is 1.63. The van der Waals surface area contributed by atoms with E-state index in [2.05, 4.69) is 49.4 Å². The zero-order valence-corrected chi connectivity index (χ0v) is 25.2. The van der Waals surface area contributed by atoms with Crippen molar-refractivity contribution in [2.75, 3.05) is 13.7 Å². The van der Waals surface area contributed by atoms with Gasteiger partial charge in [0.25, 0.3) is 0 Å². The fourth-order valence-electron chi connectivity index (χ4n) is 6.49. The second-order valence-corrected chi connectivity index (χ2v) is 12.1. The van der Waals surface area contributed by atoms with Crippen molar-refractivity contribution in [3.8, 4) is 11.5 Å². The quantitative estimate of drug-likeness (QED) is 0.163. The lowest BCUT2D eigenvalue weighted by Crippen LogP contribution is -2.46. The molecule has 2 fully saturated rings. The van der Waals surface area contributed by atoms with Gasteiger partial charge < -0.3 is 19.5 Å². The third-order valence-electron chi connectivity index (χ3n) is 8.30. The van der Waals surface area contributed by atoms with Crippen molar-refractivity contribution in [3.05, 3.63) is 38.0 Å². The van der Waals surface area contributed by atoms with Crippen molar-refractivity contribution < 1.29 is 29.1 Å². The summed E-state index contributed by atoms with van der Waals surface area (Å²) in [5, 5.41) is 20.9. The minimum Gasteiger partial charge on any atom is -0.504 e. The van der Waals surface area contributed by atoms with Gasteiger partial charge in [-0.15, -0.1) is 0 Å². The van der Waals surface area contributed by atoms with Crippen LogP contribution in [0.2, 0.25) is 6.32 Å². The summed E-state index contributed by atoms with van der Waals surface area (Å²) in [5.41, 5.74) is 4.53. The maximum Gasteiger partial charge on any atom is 0.455 e. The van der Waals surface area contributed by atoms with E-state index in [1.54, 1.807) is 7.11 Å². The second kappa shape index (κ2) is 12.1. The molecular formula is C29H39BINO6. The number of fused-ring (bicyclic) bond motifs is 3. The number of methoxy groups -OCH3 is 1. The van der Waals surface area contributed by atoms with Crippen molar-refractivity contribution in [2.45, 2.75) is 72.2 Å². The van der Waals surface area contributed by atoms with Crippen LogP contribution < -0.4 is 4.74 Å². The van der Waals surface area contributed by atoms with Gasteiger partial charge in [-0.25, -0.2) is 0 Å². The Morgan fingerprint density at radius 2 is 2.00 bits per heavy atom. The fourth-order valence-corrected chi connectivity index (χ4v) is 7.12. The minimum absolute atomic E-state index is 0.0493.